The van der Waals surface area contributed by atoms with Crippen LogP contribution in [0.1, 0.15) is 5.56 Å². The Morgan fingerprint density at radius 1 is 1.25 bits per heavy atom. The predicted octanol–water partition coefficient (Wildman–Crippen LogP) is 0.972. The fourth-order valence-electron chi connectivity index (χ4n) is 3.18. The van der Waals surface area contributed by atoms with Crippen LogP contribution < -0.4 is 21.7 Å². The van der Waals surface area contributed by atoms with Gasteiger partial charge in [-0.25, -0.2) is 13.4 Å². The van der Waals surface area contributed by atoms with Gasteiger partial charge in [0, 0.05) is 38.9 Å². The highest BCUT2D eigenvalue weighted by Crippen LogP contribution is 2.32. The molecule has 1 heterocycles. The first-order valence-electron chi connectivity index (χ1n) is 9.98. The standard InChI is InChI=1S/C21H32N6O4S/c1-16(13-21(24-15-22)26-7-9-27(10-8-26)32(4,28)29)17(2)19-14-18(31-12-11-30-3)5-6-20(19)25-23/h5-6,13-15,25H,1-2,7-12,23H2,3-4H3,(H2,22,24)/b21-13+. The minimum absolute atomic E-state index is 0.367. The van der Waals surface area contributed by atoms with Gasteiger partial charge in [-0.3, -0.25) is 5.84 Å². The van der Waals surface area contributed by atoms with Gasteiger partial charge in [-0.15, -0.1) is 0 Å². The third-order valence-electron chi connectivity index (χ3n) is 4.96. The Morgan fingerprint density at radius 3 is 2.50 bits per heavy atom. The highest BCUT2D eigenvalue weighted by molar-refractivity contribution is 7.88. The summed E-state index contributed by atoms with van der Waals surface area (Å²) in [6, 6.07) is 5.41. The van der Waals surface area contributed by atoms with E-state index in [0.29, 0.717) is 67.8 Å². The molecule has 1 fully saturated rings. The van der Waals surface area contributed by atoms with Crippen LogP contribution in [0.2, 0.25) is 0 Å². The van der Waals surface area contributed by atoms with E-state index < -0.39 is 10.0 Å². The molecular formula is C21H32N6O4S. The van der Waals surface area contributed by atoms with Crippen LogP contribution >= 0.6 is 0 Å². The van der Waals surface area contributed by atoms with Gasteiger partial charge in [0.05, 0.1) is 24.9 Å². The summed E-state index contributed by atoms with van der Waals surface area (Å²) in [5.74, 6) is 6.89. The number of ether oxygens (including phenoxy) is 2. The number of hydrazine groups is 1. The molecule has 0 spiro atoms. The number of sulfonamides is 1. The fraction of sp³-hybridized carbons (Fsp3) is 0.381. The topological polar surface area (TPSA) is 136 Å². The van der Waals surface area contributed by atoms with Gasteiger partial charge in [-0.05, 0) is 35.4 Å². The van der Waals surface area contributed by atoms with Crippen LogP contribution in [0, 0.1) is 0 Å². The second-order valence-corrected chi connectivity index (χ2v) is 9.11. The molecule has 0 saturated carbocycles. The van der Waals surface area contributed by atoms with Crippen molar-refractivity contribution in [2.24, 2.45) is 16.6 Å². The monoisotopic (exact) mass is 464 g/mol. The first kappa shape index (κ1) is 25.4. The van der Waals surface area contributed by atoms with Crippen LogP contribution in [0.5, 0.6) is 5.75 Å². The highest BCUT2D eigenvalue weighted by atomic mass is 32.2. The Morgan fingerprint density at radius 2 is 1.94 bits per heavy atom. The second-order valence-electron chi connectivity index (χ2n) is 7.13. The lowest BCUT2D eigenvalue weighted by atomic mass is 9.98. The van der Waals surface area contributed by atoms with Gasteiger partial charge in [-0.2, -0.15) is 4.31 Å². The third kappa shape index (κ3) is 6.82. The molecule has 176 valence electrons. The minimum atomic E-state index is -3.23. The van der Waals surface area contributed by atoms with Gasteiger partial charge in [0.1, 0.15) is 18.2 Å². The molecule has 0 radical (unpaired) electrons. The molecule has 0 amide bonds. The molecule has 1 aliphatic rings. The molecule has 0 aromatic heterocycles. The van der Waals surface area contributed by atoms with E-state index in [9.17, 15) is 8.42 Å². The number of nitrogens with one attached hydrogen (secondary N) is 1. The molecule has 1 saturated heterocycles. The molecule has 0 bridgehead atoms. The van der Waals surface area contributed by atoms with E-state index in [4.69, 9.17) is 21.1 Å². The molecule has 0 unspecified atom stereocenters. The van der Waals surface area contributed by atoms with Crippen LogP contribution in [0.4, 0.5) is 5.69 Å². The van der Waals surface area contributed by atoms with E-state index >= 15 is 0 Å². The molecule has 1 aromatic carbocycles. The first-order chi connectivity index (χ1) is 15.2. The number of aliphatic imine (C=N–C) groups is 1. The average molecular weight is 465 g/mol. The number of allylic oxidation sites excluding steroid dienone is 3. The molecule has 1 aliphatic heterocycles. The van der Waals surface area contributed by atoms with Crippen LogP contribution in [0.3, 0.4) is 0 Å². The Labute approximate surface area is 189 Å². The Bertz CT molecular complexity index is 982. The number of anilines is 1. The van der Waals surface area contributed by atoms with Crippen molar-refractivity contribution in [3.05, 3.63) is 54.4 Å². The molecule has 2 rings (SSSR count). The Balaban J connectivity index is 2.22. The maximum atomic E-state index is 11.8. The van der Waals surface area contributed by atoms with Crippen molar-refractivity contribution >= 4 is 27.6 Å². The van der Waals surface area contributed by atoms with Crippen molar-refractivity contribution < 1.29 is 17.9 Å². The maximum absolute atomic E-state index is 11.8. The summed E-state index contributed by atoms with van der Waals surface area (Å²) in [5, 5.41) is 0. The lowest BCUT2D eigenvalue weighted by molar-refractivity contribution is 0.146. The number of nitrogen functional groups attached to an aromatic ring is 1. The molecular weight excluding hydrogens is 432 g/mol. The van der Waals surface area contributed by atoms with Gasteiger partial charge in [0.25, 0.3) is 0 Å². The summed E-state index contributed by atoms with van der Waals surface area (Å²) < 4.78 is 35.7. The quantitative estimate of drug-likeness (QED) is 0.110. The van der Waals surface area contributed by atoms with Gasteiger partial charge in [0.15, 0.2) is 0 Å². The van der Waals surface area contributed by atoms with Crippen molar-refractivity contribution in [3.8, 4) is 5.75 Å². The molecule has 10 nitrogen and oxygen atoms in total. The maximum Gasteiger partial charge on any atom is 0.211 e. The fourth-order valence-corrected chi connectivity index (χ4v) is 4.01. The van der Waals surface area contributed by atoms with Crippen molar-refractivity contribution in [1.29, 1.82) is 0 Å². The molecule has 0 atom stereocenters. The van der Waals surface area contributed by atoms with Crippen LogP contribution in [-0.4, -0.2) is 76.7 Å². The lowest BCUT2D eigenvalue weighted by Crippen LogP contribution is -2.47. The number of hydrogen-bond acceptors (Lipinski definition) is 8. The number of piperazine rings is 1. The minimum Gasteiger partial charge on any atom is -0.491 e. The summed E-state index contributed by atoms with van der Waals surface area (Å²) in [7, 11) is -1.62. The molecule has 1 aromatic rings. The van der Waals surface area contributed by atoms with Gasteiger partial charge < -0.3 is 25.5 Å². The van der Waals surface area contributed by atoms with Gasteiger partial charge in [-0.1, -0.05) is 13.2 Å². The van der Waals surface area contributed by atoms with Crippen molar-refractivity contribution in [1.82, 2.24) is 9.21 Å². The largest absolute Gasteiger partial charge is 0.491 e. The average Bonchev–Trinajstić information content (AvgIpc) is 2.77. The van der Waals surface area contributed by atoms with E-state index in [0.717, 1.165) is 5.56 Å². The van der Waals surface area contributed by atoms with Crippen LogP contribution in [-0.2, 0) is 14.8 Å². The Hall–Kier alpha value is -2.86. The summed E-state index contributed by atoms with van der Waals surface area (Å²) >= 11 is 0. The van der Waals surface area contributed by atoms with E-state index in [1.165, 1.54) is 16.9 Å². The molecule has 5 N–H and O–H groups in total. The van der Waals surface area contributed by atoms with Crippen molar-refractivity contribution in [2.45, 2.75) is 0 Å². The molecule has 32 heavy (non-hydrogen) atoms. The van der Waals surface area contributed by atoms with E-state index in [1.54, 1.807) is 25.3 Å². The number of nitrogens with zero attached hydrogens (tertiary/aromatic N) is 3. The van der Waals surface area contributed by atoms with E-state index in [2.05, 4.69) is 23.6 Å². The highest BCUT2D eigenvalue weighted by Gasteiger charge is 2.24. The lowest BCUT2D eigenvalue weighted by Gasteiger charge is -2.34. The summed E-state index contributed by atoms with van der Waals surface area (Å²) in [6.07, 6.45) is 4.17. The Kier molecular flexibility index (Phi) is 9.27. The summed E-state index contributed by atoms with van der Waals surface area (Å²) in [5.41, 5.74) is 10.8. The first-order valence-corrected chi connectivity index (χ1v) is 11.8. The molecule has 11 heteroatoms. The SMILES string of the molecule is C=C(/C=C(\N=C/N)N1CCN(S(C)(=O)=O)CC1)C(=C)c1cc(OCCOC)ccc1NN. The predicted molar refractivity (Wildman–Crippen MR) is 129 cm³/mol. The molecule has 0 aliphatic carbocycles. The third-order valence-corrected chi connectivity index (χ3v) is 6.26. The number of nitrogens with two attached hydrogens (primary N) is 2. The summed E-state index contributed by atoms with van der Waals surface area (Å²) in [4.78, 5) is 6.21. The zero-order valence-corrected chi connectivity index (χ0v) is 19.4. The number of hydrogen-bond donors (Lipinski definition) is 3. The normalized spacial score (nSPS) is 15.7. The van der Waals surface area contributed by atoms with Gasteiger partial charge in [0.2, 0.25) is 10.0 Å². The van der Waals surface area contributed by atoms with E-state index in [-0.39, 0.29) is 0 Å². The van der Waals surface area contributed by atoms with E-state index in [1.807, 2.05) is 11.0 Å². The summed E-state index contributed by atoms with van der Waals surface area (Å²) in [6.45, 7) is 10.9. The smallest absolute Gasteiger partial charge is 0.211 e. The number of methoxy groups -OCH3 is 1. The zero-order valence-electron chi connectivity index (χ0n) is 18.6. The van der Waals surface area contributed by atoms with Crippen LogP contribution in [0.15, 0.2) is 53.8 Å². The second kappa shape index (κ2) is 11.7. The van der Waals surface area contributed by atoms with Gasteiger partial charge >= 0.3 is 0 Å². The zero-order chi connectivity index (χ0) is 23.7. The van der Waals surface area contributed by atoms with Crippen molar-refractivity contribution in [2.75, 3.05) is 58.2 Å². The number of rotatable bonds is 11. The number of benzene rings is 1. The van der Waals surface area contributed by atoms with Crippen molar-refractivity contribution in [3.63, 3.8) is 0 Å². The van der Waals surface area contributed by atoms with Crippen LogP contribution in [0.25, 0.3) is 5.57 Å².